The number of nitrogens with zero attached hydrogens (tertiary/aromatic N) is 4. The van der Waals surface area contributed by atoms with Gasteiger partial charge in [-0.15, -0.1) is 0 Å². The predicted octanol–water partition coefficient (Wildman–Crippen LogP) is 1.47. The molecule has 1 saturated heterocycles. The molecule has 6 nitrogen and oxygen atoms in total. The molecule has 1 unspecified atom stereocenters. The van der Waals surface area contributed by atoms with Crippen LogP contribution in [0.4, 0.5) is 5.82 Å². The summed E-state index contributed by atoms with van der Waals surface area (Å²) in [6.45, 7) is 0.718. The average molecular weight is 258 g/mol. The summed E-state index contributed by atoms with van der Waals surface area (Å²) in [6, 6.07) is 3.16. The van der Waals surface area contributed by atoms with Crippen molar-refractivity contribution < 1.29 is 9.90 Å². The molecule has 0 aliphatic carbocycles. The van der Waals surface area contributed by atoms with Crippen LogP contribution in [0.5, 0.6) is 0 Å². The van der Waals surface area contributed by atoms with E-state index in [0.717, 1.165) is 24.9 Å². The maximum absolute atomic E-state index is 11.3. The molecule has 3 rings (SSSR count). The number of hydrogen-bond donors (Lipinski definition) is 1. The zero-order valence-corrected chi connectivity index (χ0v) is 10.4. The molecular formula is C13H14N4O2. The van der Waals surface area contributed by atoms with E-state index in [1.54, 1.807) is 12.4 Å². The number of fused-ring (bicyclic) bond motifs is 1. The Bertz CT molecular complexity index is 616. The lowest BCUT2D eigenvalue weighted by Crippen LogP contribution is -2.45. The second kappa shape index (κ2) is 4.79. The third-order valence-electron chi connectivity index (χ3n) is 3.40. The summed E-state index contributed by atoms with van der Waals surface area (Å²) in [7, 11) is 0. The summed E-state index contributed by atoms with van der Waals surface area (Å²) in [6.07, 6.45) is 5.80. The van der Waals surface area contributed by atoms with Crippen molar-refractivity contribution in [2.75, 3.05) is 11.4 Å². The molecule has 0 bridgehead atoms. The van der Waals surface area contributed by atoms with E-state index >= 15 is 0 Å². The minimum atomic E-state index is -0.791. The highest BCUT2D eigenvalue weighted by molar-refractivity contribution is 5.79. The molecule has 0 spiro atoms. The minimum Gasteiger partial charge on any atom is -0.480 e. The third-order valence-corrected chi connectivity index (χ3v) is 3.40. The highest BCUT2D eigenvalue weighted by Crippen LogP contribution is 2.24. The Labute approximate surface area is 110 Å². The number of carbonyl (C=O) groups is 1. The lowest BCUT2D eigenvalue weighted by molar-refractivity contribution is -0.139. The summed E-state index contributed by atoms with van der Waals surface area (Å²) in [5.74, 6) is -0.124. The van der Waals surface area contributed by atoms with E-state index in [4.69, 9.17) is 0 Å². The van der Waals surface area contributed by atoms with E-state index in [0.29, 0.717) is 17.9 Å². The van der Waals surface area contributed by atoms with Crippen molar-refractivity contribution in [2.24, 2.45) is 0 Å². The Morgan fingerprint density at radius 1 is 1.26 bits per heavy atom. The molecule has 2 aromatic rings. The highest BCUT2D eigenvalue weighted by Gasteiger charge is 2.29. The van der Waals surface area contributed by atoms with Gasteiger partial charge in [-0.25, -0.2) is 14.8 Å². The van der Waals surface area contributed by atoms with Gasteiger partial charge >= 0.3 is 5.97 Å². The van der Waals surface area contributed by atoms with E-state index in [2.05, 4.69) is 15.0 Å². The largest absolute Gasteiger partial charge is 0.480 e. The number of carboxylic acid groups (broad SMARTS) is 1. The number of piperidine rings is 1. The van der Waals surface area contributed by atoms with Gasteiger partial charge in [0.25, 0.3) is 0 Å². The highest BCUT2D eigenvalue weighted by atomic mass is 16.4. The van der Waals surface area contributed by atoms with Crippen molar-refractivity contribution in [1.82, 2.24) is 15.0 Å². The summed E-state index contributed by atoms with van der Waals surface area (Å²) < 4.78 is 0. The second-order valence-electron chi connectivity index (χ2n) is 4.61. The number of rotatable bonds is 2. The van der Waals surface area contributed by atoms with Crippen molar-refractivity contribution in [3.8, 4) is 0 Å². The monoisotopic (exact) mass is 258 g/mol. The average Bonchev–Trinajstić information content (AvgIpc) is 2.46. The zero-order chi connectivity index (χ0) is 13.2. The molecule has 0 radical (unpaired) electrons. The van der Waals surface area contributed by atoms with Crippen LogP contribution in [0, 0.1) is 0 Å². The Hall–Kier alpha value is -2.24. The zero-order valence-electron chi connectivity index (χ0n) is 10.4. The van der Waals surface area contributed by atoms with Crippen molar-refractivity contribution >= 4 is 23.0 Å². The van der Waals surface area contributed by atoms with Crippen LogP contribution >= 0.6 is 0 Å². The molecule has 19 heavy (non-hydrogen) atoms. The van der Waals surface area contributed by atoms with E-state index in [9.17, 15) is 9.90 Å². The van der Waals surface area contributed by atoms with Gasteiger partial charge in [0.05, 0.1) is 0 Å². The lowest BCUT2D eigenvalue weighted by Gasteiger charge is -2.33. The van der Waals surface area contributed by atoms with Crippen molar-refractivity contribution in [1.29, 1.82) is 0 Å². The number of hydrogen-bond acceptors (Lipinski definition) is 5. The van der Waals surface area contributed by atoms with Crippen LogP contribution < -0.4 is 4.90 Å². The number of carboxylic acids is 1. The van der Waals surface area contributed by atoms with Crippen LogP contribution in [0.2, 0.25) is 0 Å². The third kappa shape index (κ3) is 2.21. The maximum Gasteiger partial charge on any atom is 0.326 e. The Morgan fingerprint density at radius 3 is 2.95 bits per heavy atom. The molecule has 0 saturated carbocycles. The number of pyridine rings is 1. The molecular weight excluding hydrogens is 244 g/mol. The molecule has 0 amide bonds. The molecule has 6 heteroatoms. The van der Waals surface area contributed by atoms with Crippen LogP contribution in [0.25, 0.3) is 11.2 Å². The summed E-state index contributed by atoms with van der Waals surface area (Å²) >= 11 is 0. The number of aliphatic carboxylic acids is 1. The summed E-state index contributed by atoms with van der Waals surface area (Å²) in [5.41, 5.74) is 1.27. The fourth-order valence-electron chi connectivity index (χ4n) is 2.47. The van der Waals surface area contributed by atoms with Gasteiger partial charge in [-0.3, -0.25) is 4.98 Å². The first-order chi connectivity index (χ1) is 9.25. The molecule has 1 N–H and O–H groups in total. The van der Waals surface area contributed by atoms with Crippen LogP contribution in [0.15, 0.2) is 24.5 Å². The number of aromatic nitrogens is 3. The van der Waals surface area contributed by atoms with Crippen LogP contribution in [0.1, 0.15) is 19.3 Å². The predicted molar refractivity (Wildman–Crippen MR) is 70.0 cm³/mol. The molecule has 1 fully saturated rings. The van der Waals surface area contributed by atoms with Gasteiger partial charge in [-0.2, -0.15) is 0 Å². The topological polar surface area (TPSA) is 79.2 Å². The first-order valence-corrected chi connectivity index (χ1v) is 6.33. The lowest BCUT2D eigenvalue weighted by atomic mass is 10.0. The van der Waals surface area contributed by atoms with Gasteiger partial charge in [0.15, 0.2) is 5.65 Å². The Balaban J connectivity index is 1.99. The molecule has 3 heterocycles. The maximum atomic E-state index is 11.3. The van der Waals surface area contributed by atoms with Crippen LogP contribution in [-0.2, 0) is 4.79 Å². The summed E-state index contributed by atoms with van der Waals surface area (Å²) in [4.78, 5) is 25.9. The molecule has 98 valence electrons. The first kappa shape index (κ1) is 11.8. The van der Waals surface area contributed by atoms with Gasteiger partial charge in [-0.1, -0.05) is 0 Å². The van der Waals surface area contributed by atoms with Crippen molar-refractivity contribution in [2.45, 2.75) is 25.3 Å². The Kier molecular flexibility index (Phi) is 2.98. The van der Waals surface area contributed by atoms with Crippen molar-refractivity contribution in [3.63, 3.8) is 0 Å². The fourth-order valence-corrected chi connectivity index (χ4v) is 2.47. The fraction of sp³-hybridized carbons (Fsp3) is 0.385. The number of anilines is 1. The quantitative estimate of drug-likeness (QED) is 0.878. The van der Waals surface area contributed by atoms with Crippen LogP contribution in [0.3, 0.4) is 0 Å². The molecule has 1 atom stereocenters. The molecule has 0 aromatic carbocycles. The standard InChI is InChI=1S/C13H14N4O2/c18-13(19)10-3-1-2-8-17(10)11-5-4-9-12(16-11)15-7-6-14-9/h4-7,10H,1-3,8H2,(H,18,19). The smallest absolute Gasteiger partial charge is 0.326 e. The van der Waals surface area contributed by atoms with Crippen molar-refractivity contribution in [3.05, 3.63) is 24.5 Å². The van der Waals surface area contributed by atoms with E-state index in [-0.39, 0.29) is 0 Å². The van der Waals surface area contributed by atoms with Gasteiger partial charge in [0.1, 0.15) is 17.4 Å². The minimum absolute atomic E-state index is 0.490. The van der Waals surface area contributed by atoms with Crippen LogP contribution in [-0.4, -0.2) is 38.6 Å². The van der Waals surface area contributed by atoms with Gasteiger partial charge in [0.2, 0.25) is 0 Å². The van der Waals surface area contributed by atoms with Gasteiger partial charge in [0, 0.05) is 18.9 Å². The van der Waals surface area contributed by atoms with E-state index in [1.165, 1.54) is 0 Å². The molecule has 2 aromatic heterocycles. The SMILES string of the molecule is O=C(O)C1CCCCN1c1ccc2nccnc2n1. The van der Waals surface area contributed by atoms with E-state index < -0.39 is 12.0 Å². The molecule has 1 aliphatic heterocycles. The normalized spacial score (nSPS) is 19.6. The Morgan fingerprint density at radius 2 is 2.11 bits per heavy atom. The molecule has 1 aliphatic rings. The second-order valence-corrected chi connectivity index (χ2v) is 4.61. The first-order valence-electron chi connectivity index (χ1n) is 6.33. The van der Waals surface area contributed by atoms with Gasteiger partial charge in [-0.05, 0) is 31.4 Å². The van der Waals surface area contributed by atoms with Gasteiger partial charge < -0.3 is 10.0 Å². The van der Waals surface area contributed by atoms with E-state index in [1.807, 2.05) is 17.0 Å². The summed E-state index contributed by atoms with van der Waals surface area (Å²) in [5, 5.41) is 9.29.